The molecule has 0 radical (unpaired) electrons. The number of nitrogens with one attached hydrogen (secondary N) is 2. The van der Waals surface area contributed by atoms with Crippen LogP contribution in [-0.2, 0) is 14.4 Å². The maximum atomic E-state index is 11.2. The lowest BCUT2D eigenvalue weighted by atomic mass is 10.3. The molecule has 0 aromatic rings. The van der Waals surface area contributed by atoms with Crippen molar-refractivity contribution in [3.8, 4) is 0 Å². The van der Waals surface area contributed by atoms with Crippen LogP contribution in [0.1, 0.15) is 32.1 Å². The molecule has 90 valence electrons. The molecule has 0 saturated heterocycles. The summed E-state index contributed by atoms with van der Waals surface area (Å²) in [4.78, 5) is 32.2. The fourth-order valence-electron chi connectivity index (χ4n) is 1.20. The molecule has 0 unspecified atom stereocenters. The van der Waals surface area contributed by atoms with E-state index in [2.05, 4.69) is 10.6 Å². The van der Waals surface area contributed by atoms with Crippen LogP contribution in [-0.4, -0.2) is 35.5 Å². The first kappa shape index (κ1) is 12.5. The second kappa shape index (κ2) is 6.09. The van der Waals surface area contributed by atoms with Crippen LogP contribution in [0, 0.1) is 0 Å². The van der Waals surface area contributed by atoms with Crippen LogP contribution in [0.2, 0.25) is 0 Å². The number of carboxylic acid groups (broad SMARTS) is 1. The molecule has 0 aromatic carbocycles. The highest BCUT2D eigenvalue weighted by Crippen LogP contribution is 2.18. The Morgan fingerprint density at radius 2 is 1.88 bits per heavy atom. The van der Waals surface area contributed by atoms with Crippen LogP contribution in [0.5, 0.6) is 0 Å². The molecule has 0 atom stereocenters. The molecule has 1 aliphatic carbocycles. The third kappa shape index (κ3) is 6.00. The summed E-state index contributed by atoms with van der Waals surface area (Å²) < 4.78 is 0. The van der Waals surface area contributed by atoms with Gasteiger partial charge < -0.3 is 15.7 Å². The van der Waals surface area contributed by atoms with Crippen molar-refractivity contribution in [3.63, 3.8) is 0 Å². The molecular formula is C10H16N2O4. The van der Waals surface area contributed by atoms with Gasteiger partial charge in [-0.05, 0) is 19.3 Å². The molecular weight excluding hydrogens is 212 g/mol. The standard InChI is InChI=1S/C10H16N2O4/c13-8(12-7-3-4-7)2-1-5-11-9(14)6-10(15)16/h7H,1-6H2,(H,11,14)(H,12,13)(H,15,16). The van der Waals surface area contributed by atoms with E-state index in [9.17, 15) is 14.4 Å². The van der Waals surface area contributed by atoms with E-state index in [1.165, 1.54) is 0 Å². The van der Waals surface area contributed by atoms with Crippen molar-refractivity contribution in [3.05, 3.63) is 0 Å². The van der Waals surface area contributed by atoms with Gasteiger partial charge in [0.05, 0.1) is 0 Å². The molecule has 1 saturated carbocycles. The summed E-state index contributed by atoms with van der Waals surface area (Å²) in [7, 11) is 0. The summed E-state index contributed by atoms with van der Waals surface area (Å²) >= 11 is 0. The highest BCUT2D eigenvalue weighted by Gasteiger charge is 2.22. The molecule has 0 aliphatic heterocycles. The summed E-state index contributed by atoms with van der Waals surface area (Å²) in [6.07, 6.45) is 2.49. The Morgan fingerprint density at radius 1 is 1.19 bits per heavy atom. The van der Waals surface area contributed by atoms with Gasteiger partial charge in [-0.1, -0.05) is 0 Å². The third-order valence-electron chi connectivity index (χ3n) is 2.16. The molecule has 16 heavy (non-hydrogen) atoms. The van der Waals surface area contributed by atoms with Gasteiger partial charge in [-0.3, -0.25) is 14.4 Å². The summed E-state index contributed by atoms with van der Waals surface area (Å²) in [5.74, 6) is -1.67. The van der Waals surface area contributed by atoms with Gasteiger partial charge in [0.15, 0.2) is 0 Å². The van der Waals surface area contributed by atoms with Crippen LogP contribution in [0.3, 0.4) is 0 Å². The van der Waals surface area contributed by atoms with Crippen molar-refractivity contribution in [1.82, 2.24) is 10.6 Å². The lowest BCUT2D eigenvalue weighted by Crippen LogP contribution is -2.29. The zero-order valence-electron chi connectivity index (χ0n) is 8.99. The van der Waals surface area contributed by atoms with E-state index in [1.54, 1.807) is 0 Å². The van der Waals surface area contributed by atoms with Crippen molar-refractivity contribution < 1.29 is 19.5 Å². The van der Waals surface area contributed by atoms with Crippen molar-refractivity contribution in [2.75, 3.05) is 6.54 Å². The van der Waals surface area contributed by atoms with Gasteiger partial charge in [-0.25, -0.2) is 0 Å². The van der Waals surface area contributed by atoms with E-state index in [-0.39, 0.29) is 5.91 Å². The average Bonchev–Trinajstić information content (AvgIpc) is 2.95. The fraction of sp³-hybridized carbons (Fsp3) is 0.700. The fourth-order valence-corrected chi connectivity index (χ4v) is 1.20. The van der Waals surface area contributed by atoms with Gasteiger partial charge in [0.2, 0.25) is 11.8 Å². The zero-order chi connectivity index (χ0) is 12.0. The molecule has 0 bridgehead atoms. The molecule has 2 amide bonds. The van der Waals surface area contributed by atoms with Gasteiger partial charge in [0.1, 0.15) is 6.42 Å². The number of carbonyl (C=O) groups excluding carboxylic acids is 2. The lowest BCUT2D eigenvalue weighted by Gasteiger charge is -2.04. The monoisotopic (exact) mass is 228 g/mol. The topological polar surface area (TPSA) is 95.5 Å². The van der Waals surface area contributed by atoms with Crippen LogP contribution < -0.4 is 10.6 Å². The van der Waals surface area contributed by atoms with E-state index in [4.69, 9.17) is 5.11 Å². The number of hydrogen-bond donors (Lipinski definition) is 3. The van der Waals surface area contributed by atoms with Gasteiger partial charge >= 0.3 is 5.97 Å². The molecule has 0 heterocycles. The Morgan fingerprint density at radius 3 is 2.44 bits per heavy atom. The lowest BCUT2D eigenvalue weighted by molar-refractivity contribution is -0.140. The minimum atomic E-state index is -1.15. The van der Waals surface area contributed by atoms with Gasteiger partial charge in [0.25, 0.3) is 0 Å². The number of amides is 2. The summed E-state index contributed by atoms with van der Waals surface area (Å²) in [5.41, 5.74) is 0. The van der Waals surface area contributed by atoms with E-state index in [1.807, 2.05) is 0 Å². The maximum Gasteiger partial charge on any atom is 0.312 e. The molecule has 1 rings (SSSR count). The predicted octanol–water partition coefficient (Wildman–Crippen LogP) is -0.364. The van der Waals surface area contributed by atoms with E-state index in [0.717, 1.165) is 12.8 Å². The minimum absolute atomic E-state index is 0.00464. The maximum absolute atomic E-state index is 11.2. The summed E-state index contributed by atoms with van der Waals surface area (Å²) in [6.45, 7) is 0.337. The second-order valence-electron chi connectivity index (χ2n) is 3.87. The molecule has 6 heteroatoms. The number of hydrogen-bond acceptors (Lipinski definition) is 3. The van der Waals surface area contributed by atoms with Crippen molar-refractivity contribution in [2.24, 2.45) is 0 Å². The van der Waals surface area contributed by atoms with E-state index in [0.29, 0.717) is 25.4 Å². The Hall–Kier alpha value is -1.59. The van der Waals surface area contributed by atoms with E-state index >= 15 is 0 Å². The minimum Gasteiger partial charge on any atom is -0.481 e. The summed E-state index contributed by atoms with van der Waals surface area (Å²) in [5, 5.41) is 13.6. The molecule has 6 nitrogen and oxygen atoms in total. The molecule has 1 fully saturated rings. The number of carbonyl (C=O) groups is 3. The normalized spacial score (nSPS) is 14.2. The smallest absolute Gasteiger partial charge is 0.312 e. The third-order valence-corrected chi connectivity index (χ3v) is 2.16. The molecule has 3 N–H and O–H groups in total. The van der Waals surface area contributed by atoms with E-state index < -0.39 is 18.3 Å². The van der Waals surface area contributed by atoms with Gasteiger partial charge in [-0.15, -0.1) is 0 Å². The first-order valence-corrected chi connectivity index (χ1v) is 5.36. The largest absolute Gasteiger partial charge is 0.481 e. The molecule has 0 spiro atoms. The highest BCUT2D eigenvalue weighted by molar-refractivity contribution is 5.93. The summed E-state index contributed by atoms with van der Waals surface area (Å²) in [6, 6.07) is 0.356. The average molecular weight is 228 g/mol. The van der Waals surface area contributed by atoms with Crippen molar-refractivity contribution in [1.29, 1.82) is 0 Å². The second-order valence-corrected chi connectivity index (χ2v) is 3.87. The van der Waals surface area contributed by atoms with Gasteiger partial charge in [-0.2, -0.15) is 0 Å². The Labute approximate surface area is 93.4 Å². The number of rotatable bonds is 7. The Balaban J connectivity index is 1.95. The van der Waals surface area contributed by atoms with Crippen molar-refractivity contribution >= 4 is 17.8 Å². The first-order valence-electron chi connectivity index (χ1n) is 5.36. The van der Waals surface area contributed by atoms with Crippen molar-refractivity contribution in [2.45, 2.75) is 38.1 Å². The molecule has 1 aliphatic rings. The van der Waals surface area contributed by atoms with Crippen LogP contribution >= 0.6 is 0 Å². The number of aliphatic carboxylic acids is 1. The first-order chi connectivity index (χ1) is 7.58. The quantitative estimate of drug-likeness (QED) is 0.409. The predicted molar refractivity (Wildman–Crippen MR) is 55.7 cm³/mol. The Kier molecular flexibility index (Phi) is 4.75. The SMILES string of the molecule is O=C(O)CC(=O)NCCCC(=O)NC1CC1. The van der Waals surface area contributed by atoms with Gasteiger partial charge in [0, 0.05) is 19.0 Å². The van der Waals surface area contributed by atoms with Crippen LogP contribution in [0.25, 0.3) is 0 Å². The highest BCUT2D eigenvalue weighted by atomic mass is 16.4. The van der Waals surface area contributed by atoms with Crippen LogP contribution in [0.15, 0.2) is 0 Å². The number of carboxylic acids is 1. The Bertz CT molecular complexity index is 287. The molecule has 0 aromatic heterocycles. The van der Waals surface area contributed by atoms with Crippen LogP contribution in [0.4, 0.5) is 0 Å². The zero-order valence-corrected chi connectivity index (χ0v) is 8.99.